The summed E-state index contributed by atoms with van der Waals surface area (Å²) in [6.45, 7) is 0.603. The predicted molar refractivity (Wildman–Crippen MR) is 126 cm³/mol. The largest absolute Gasteiger partial charge is 0.493 e. The maximum atomic E-state index is 13.7. The van der Waals surface area contributed by atoms with E-state index in [0.717, 1.165) is 0 Å². The van der Waals surface area contributed by atoms with Crippen LogP contribution >= 0.6 is 0 Å². The molecule has 180 valence electrons. The van der Waals surface area contributed by atoms with Gasteiger partial charge in [-0.1, -0.05) is 18.2 Å². The zero-order valence-electron chi connectivity index (χ0n) is 19.4. The first-order chi connectivity index (χ1) is 17.0. The number of fused-ring (bicyclic) bond motifs is 5. The molecule has 9 heteroatoms. The third-order valence-corrected chi connectivity index (χ3v) is 6.33. The van der Waals surface area contributed by atoms with Gasteiger partial charge >= 0.3 is 0 Å². The van der Waals surface area contributed by atoms with Gasteiger partial charge in [-0.3, -0.25) is 19.3 Å². The topological polar surface area (TPSA) is 101 Å². The van der Waals surface area contributed by atoms with Gasteiger partial charge in [0, 0.05) is 18.5 Å². The van der Waals surface area contributed by atoms with Crippen molar-refractivity contribution in [2.45, 2.75) is 25.6 Å². The second-order valence-electron chi connectivity index (χ2n) is 8.29. The first kappa shape index (κ1) is 22.5. The van der Waals surface area contributed by atoms with Crippen LogP contribution in [0.4, 0.5) is 5.69 Å². The molecule has 1 unspecified atom stereocenters. The molecule has 9 nitrogen and oxygen atoms in total. The number of furan rings is 1. The van der Waals surface area contributed by atoms with Gasteiger partial charge in [0.25, 0.3) is 11.8 Å². The van der Waals surface area contributed by atoms with Gasteiger partial charge in [0.05, 0.1) is 43.8 Å². The molecule has 0 saturated carbocycles. The summed E-state index contributed by atoms with van der Waals surface area (Å²) >= 11 is 0. The van der Waals surface area contributed by atoms with E-state index < -0.39 is 6.17 Å². The number of methoxy groups -OCH3 is 2. The van der Waals surface area contributed by atoms with Crippen LogP contribution in [0.3, 0.4) is 0 Å². The van der Waals surface area contributed by atoms with Crippen molar-refractivity contribution < 1.29 is 28.3 Å². The van der Waals surface area contributed by atoms with E-state index in [0.29, 0.717) is 59.1 Å². The summed E-state index contributed by atoms with van der Waals surface area (Å²) in [6, 6.07) is 14.1. The number of carbonyl (C=O) groups is 3. The highest BCUT2D eigenvalue weighted by atomic mass is 16.5. The quantitative estimate of drug-likeness (QED) is 0.535. The molecule has 1 N–H and O–H groups in total. The van der Waals surface area contributed by atoms with E-state index in [1.54, 1.807) is 64.6 Å². The zero-order valence-corrected chi connectivity index (χ0v) is 19.4. The lowest BCUT2D eigenvalue weighted by molar-refractivity contribution is -0.121. The van der Waals surface area contributed by atoms with Crippen LogP contribution in [0.15, 0.2) is 59.2 Å². The molecular weight excluding hydrogens is 450 g/mol. The minimum atomic E-state index is -0.633. The molecule has 3 heterocycles. The number of nitrogens with one attached hydrogen (secondary N) is 1. The normalized spacial score (nSPS) is 16.0. The molecule has 3 aromatic rings. The summed E-state index contributed by atoms with van der Waals surface area (Å²) in [7, 11) is 3.00. The molecular formula is C26H25N3O6. The number of nitrogens with zero attached hydrogens (tertiary/aromatic N) is 2. The lowest BCUT2D eigenvalue weighted by atomic mass is 10.0. The average molecular weight is 476 g/mol. The Balaban J connectivity index is 1.42. The lowest BCUT2D eigenvalue weighted by Crippen LogP contribution is -2.48. The number of ether oxygens (including phenoxy) is 2. The molecule has 2 aromatic carbocycles. The predicted octanol–water partition coefficient (Wildman–Crippen LogP) is 3.51. The number of carbonyl (C=O) groups excluding carboxylic acids is 3. The number of para-hydroxylation sites is 1. The van der Waals surface area contributed by atoms with Crippen molar-refractivity contribution in [2.75, 3.05) is 25.7 Å². The van der Waals surface area contributed by atoms with Crippen molar-refractivity contribution in [3.8, 4) is 11.5 Å². The van der Waals surface area contributed by atoms with E-state index in [2.05, 4.69) is 5.32 Å². The smallest absolute Gasteiger partial charge is 0.264 e. The Kier molecular flexibility index (Phi) is 5.90. The lowest BCUT2D eigenvalue weighted by Gasteiger charge is -2.41. The first-order valence-corrected chi connectivity index (χ1v) is 11.3. The second-order valence-corrected chi connectivity index (χ2v) is 8.29. The van der Waals surface area contributed by atoms with Crippen LogP contribution < -0.4 is 19.7 Å². The number of hydrogen-bond acceptors (Lipinski definition) is 6. The summed E-state index contributed by atoms with van der Waals surface area (Å²) in [6.07, 6.45) is 1.58. The molecule has 0 radical (unpaired) electrons. The highest BCUT2D eigenvalue weighted by molar-refractivity contribution is 6.18. The molecule has 0 bridgehead atoms. The van der Waals surface area contributed by atoms with E-state index in [-0.39, 0.29) is 24.1 Å². The summed E-state index contributed by atoms with van der Waals surface area (Å²) in [5, 5.41) is 2.82. The molecule has 0 fully saturated rings. The van der Waals surface area contributed by atoms with Gasteiger partial charge in [-0.05, 0) is 36.8 Å². The van der Waals surface area contributed by atoms with Gasteiger partial charge in [-0.2, -0.15) is 0 Å². The highest BCUT2D eigenvalue weighted by Gasteiger charge is 2.49. The third kappa shape index (κ3) is 3.78. The van der Waals surface area contributed by atoms with Gasteiger partial charge in [-0.25, -0.2) is 0 Å². The minimum absolute atomic E-state index is 0.141. The van der Waals surface area contributed by atoms with Crippen molar-refractivity contribution in [3.05, 3.63) is 77.2 Å². The fourth-order valence-electron chi connectivity index (χ4n) is 4.75. The van der Waals surface area contributed by atoms with E-state index in [1.165, 1.54) is 14.2 Å². The second kappa shape index (κ2) is 9.17. The minimum Gasteiger partial charge on any atom is -0.493 e. The van der Waals surface area contributed by atoms with E-state index in [9.17, 15) is 14.4 Å². The molecule has 1 atom stereocenters. The fraction of sp³-hybridized carbons (Fsp3) is 0.269. The number of anilines is 1. The Morgan fingerprint density at radius 3 is 2.60 bits per heavy atom. The van der Waals surface area contributed by atoms with Gasteiger partial charge < -0.3 is 24.1 Å². The number of hydrogen-bond donors (Lipinski definition) is 1. The van der Waals surface area contributed by atoms with Gasteiger partial charge in [-0.15, -0.1) is 0 Å². The van der Waals surface area contributed by atoms with Crippen molar-refractivity contribution >= 4 is 23.4 Å². The molecule has 35 heavy (non-hydrogen) atoms. The first-order valence-electron chi connectivity index (χ1n) is 11.3. The van der Waals surface area contributed by atoms with E-state index in [4.69, 9.17) is 13.9 Å². The van der Waals surface area contributed by atoms with Gasteiger partial charge in [0.2, 0.25) is 5.91 Å². The zero-order chi connectivity index (χ0) is 24.5. The van der Waals surface area contributed by atoms with E-state index in [1.807, 2.05) is 0 Å². The van der Waals surface area contributed by atoms with Crippen LogP contribution in [0.25, 0.3) is 0 Å². The Morgan fingerprint density at radius 2 is 1.86 bits per heavy atom. The average Bonchev–Trinajstić information content (AvgIpc) is 3.50. The number of amides is 3. The molecule has 3 amide bonds. The maximum Gasteiger partial charge on any atom is 0.264 e. The van der Waals surface area contributed by atoms with Crippen LogP contribution in [-0.4, -0.2) is 43.4 Å². The van der Waals surface area contributed by atoms with Crippen LogP contribution in [0.1, 0.15) is 51.0 Å². The summed E-state index contributed by atoms with van der Waals surface area (Å²) in [5.74, 6) is 0.861. The van der Waals surface area contributed by atoms with Crippen molar-refractivity contribution in [1.29, 1.82) is 0 Å². The van der Waals surface area contributed by atoms with Crippen LogP contribution in [0.5, 0.6) is 11.5 Å². The third-order valence-electron chi connectivity index (χ3n) is 6.33. The fourth-order valence-corrected chi connectivity index (χ4v) is 4.75. The van der Waals surface area contributed by atoms with Crippen molar-refractivity contribution in [1.82, 2.24) is 10.2 Å². The van der Waals surface area contributed by atoms with Crippen LogP contribution in [-0.2, 0) is 11.3 Å². The Labute approximate surface area is 202 Å². The number of benzene rings is 2. The Bertz CT molecular complexity index is 1290. The SMILES string of the molecule is COc1ccc2c(c1OC)C(=O)N1c3ccccc3C(=O)N(CCCC(=O)NCc3ccco3)C21. The Morgan fingerprint density at radius 1 is 1.03 bits per heavy atom. The van der Waals surface area contributed by atoms with Crippen LogP contribution in [0.2, 0.25) is 0 Å². The molecule has 0 spiro atoms. The van der Waals surface area contributed by atoms with Crippen molar-refractivity contribution in [3.63, 3.8) is 0 Å². The maximum absolute atomic E-state index is 13.7. The molecule has 1 aromatic heterocycles. The standard InChI is InChI=1S/C26H25N3O6/c1-33-20-12-11-18-22(23(20)34-2)26(32)29-19-9-4-3-8-17(19)25(31)28(24(18)29)13-5-10-21(30)27-15-16-7-6-14-35-16/h3-4,6-9,11-12,14,24H,5,10,13,15H2,1-2H3,(H,27,30). The number of rotatable bonds is 8. The Hall–Kier alpha value is -4.27. The highest BCUT2D eigenvalue weighted by Crippen LogP contribution is 2.49. The molecule has 2 aliphatic rings. The summed E-state index contributed by atoms with van der Waals surface area (Å²) in [5.41, 5.74) is 2.04. The van der Waals surface area contributed by atoms with Gasteiger partial charge in [0.1, 0.15) is 11.9 Å². The molecule has 0 aliphatic carbocycles. The molecule has 0 saturated heterocycles. The van der Waals surface area contributed by atoms with Crippen LogP contribution in [0, 0.1) is 0 Å². The molecule has 2 aliphatic heterocycles. The summed E-state index contributed by atoms with van der Waals surface area (Å²) < 4.78 is 16.2. The summed E-state index contributed by atoms with van der Waals surface area (Å²) in [4.78, 5) is 42.8. The van der Waals surface area contributed by atoms with Gasteiger partial charge in [0.15, 0.2) is 11.5 Å². The van der Waals surface area contributed by atoms with Crippen molar-refractivity contribution in [2.24, 2.45) is 0 Å². The monoisotopic (exact) mass is 475 g/mol. The molecule has 5 rings (SSSR count). The van der Waals surface area contributed by atoms with E-state index >= 15 is 0 Å².